The molecule has 0 fully saturated rings. The number of halogens is 1. The zero-order valence-corrected chi connectivity index (χ0v) is 15.7. The number of anilines is 1. The normalized spacial score (nSPS) is 15.8. The van der Waals surface area contributed by atoms with Gasteiger partial charge in [0.05, 0.1) is 17.8 Å². The summed E-state index contributed by atoms with van der Waals surface area (Å²) in [5.41, 5.74) is 8.46. The Kier molecular flexibility index (Phi) is 5.76. The number of carbonyl (C=O) groups is 1. The summed E-state index contributed by atoms with van der Waals surface area (Å²) in [5.74, 6) is 0.905. The van der Waals surface area contributed by atoms with Crippen LogP contribution in [0.1, 0.15) is 44.6 Å². The number of nitrogens with zero attached hydrogens (tertiary/aromatic N) is 1. The van der Waals surface area contributed by atoms with Crippen molar-refractivity contribution in [2.75, 3.05) is 5.32 Å². The molecular formula is C19H20ClN3O2S. The van der Waals surface area contributed by atoms with Crippen LogP contribution in [0.2, 0.25) is 0 Å². The van der Waals surface area contributed by atoms with Crippen molar-refractivity contribution in [3.05, 3.63) is 70.1 Å². The summed E-state index contributed by atoms with van der Waals surface area (Å²) in [6, 6.07) is 12.3. The summed E-state index contributed by atoms with van der Waals surface area (Å²) in [7, 11) is 0. The van der Waals surface area contributed by atoms with Crippen LogP contribution in [0.3, 0.4) is 0 Å². The van der Waals surface area contributed by atoms with Gasteiger partial charge in [0, 0.05) is 4.88 Å². The predicted octanol–water partition coefficient (Wildman–Crippen LogP) is 4.14. The molecule has 0 saturated heterocycles. The highest BCUT2D eigenvalue weighted by molar-refractivity contribution is 7.15. The lowest BCUT2D eigenvalue weighted by atomic mass is 9.85. The number of thiazole rings is 1. The molecule has 2 aromatic heterocycles. The molecule has 4 rings (SSSR count). The quantitative estimate of drug-likeness (QED) is 0.702. The SMILES string of the molecule is Cl.NCc1cc(C(=O)Nc2nc3c(s2)CC(c2ccccc2)CC3)co1. The molecule has 7 heteroatoms. The third-order valence-corrected chi connectivity index (χ3v) is 5.58. The van der Waals surface area contributed by atoms with E-state index in [1.54, 1.807) is 17.4 Å². The number of benzene rings is 1. The Morgan fingerprint density at radius 1 is 1.35 bits per heavy atom. The van der Waals surface area contributed by atoms with E-state index in [2.05, 4.69) is 34.6 Å². The Morgan fingerprint density at radius 3 is 2.88 bits per heavy atom. The fourth-order valence-electron chi connectivity index (χ4n) is 3.21. The number of carbonyl (C=O) groups excluding carboxylic acids is 1. The first-order valence-electron chi connectivity index (χ1n) is 8.35. The van der Waals surface area contributed by atoms with Gasteiger partial charge in [-0.1, -0.05) is 30.3 Å². The van der Waals surface area contributed by atoms with E-state index in [1.807, 2.05) is 6.07 Å². The zero-order valence-electron chi connectivity index (χ0n) is 14.1. The number of nitrogens with one attached hydrogen (secondary N) is 1. The minimum atomic E-state index is -0.214. The molecule has 0 radical (unpaired) electrons. The first-order chi connectivity index (χ1) is 12.2. The molecule has 2 heterocycles. The molecule has 1 atom stereocenters. The average molecular weight is 390 g/mol. The molecule has 136 valence electrons. The van der Waals surface area contributed by atoms with E-state index in [-0.39, 0.29) is 24.9 Å². The molecule has 1 unspecified atom stereocenters. The standard InChI is InChI=1S/C19H19N3O2S.ClH/c20-10-15-8-14(11-24-15)18(23)22-19-21-16-7-6-13(9-17(16)25-19)12-4-2-1-3-5-12;/h1-5,8,11,13H,6-7,9-10,20H2,(H,21,22,23);1H. The molecule has 1 amide bonds. The van der Waals surface area contributed by atoms with Crippen LogP contribution in [-0.4, -0.2) is 10.9 Å². The van der Waals surface area contributed by atoms with E-state index in [0.717, 1.165) is 25.0 Å². The van der Waals surface area contributed by atoms with Gasteiger partial charge in [-0.05, 0) is 36.8 Å². The fraction of sp³-hybridized carbons (Fsp3) is 0.263. The highest BCUT2D eigenvalue weighted by atomic mass is 35.5. The number of hydrogen-bond donors (Lipinski definition) is 2. The molecular weight excluding hydrogens is 370 g/mol. The van der Waals surface area contributed by atoms with Crippen molar-refractivity contribution in [3.63, 3.8) is 0 Å². The lowest BCUT2D eigenvalue weighted by Gasteiger charge is -2.21. The number of furan rings is 1. The first kappa shape index (κ1) is 18.6. The number of rotatable bonds is 4. The highest BCUT2D eigenvalue weighted by Crippen LogP contribution is 2.37. The van der Waals surface area contributed by atoms with Crippen molar-refractivity contribution >= 4 is 34.8 Å². The largest absolute Gasteiger partial charge is 0.467 e. The van der Waals surface area contributed by atoms with Crippen LogP contribution in [0.5, 0.6) is 0 Å². The van der Waals surface area contributed by atoms with Crippen molar-refractivity contribution in [1.82, 2.24) is 4.98 Å². The van der Waals surface area contributed by atoms with E-state index in [0.29, 0.717) is 22.4 Å². The molecule has 0 spiro atoms. The van der Waals surface area contributed by atoms with E-state index in [4.69, 9.17) is 10.2 Å². The Balaban J connectivity index is 0.00000196. The molecule has 1 aliphatic carbocycles. The number of aromatic nitrogens is 1. The second kappa shape index (κ2) is 8.03. The van der Waals surface area contributed by atoms with Crippen LogP contribution in [-0.2, 0) is 19.4 Å². The van der Waals surface area contributed by atoms with Crippen molar-refractivity contribution in [3.8, 4) is 0 Å². The van der Waals surface area contributed by atoms with E-state index < -0.39 is 0 Å². The molecule has 1 aliphatic rings. The monoisotopic (exact) mass is 389 g/mol. The minimum absolute atomic E-state index is 0. The number of fused-ring (bicyclic) bond motifs is 1. The molecule has 0 aliphatic heterocycles. The van der Waals surface area contributed by atoms with Crippen LogP contribution in [0.25, 0.3) is 0 Å². The summed E-state index contributed by atoms with van der Waals surface area (Å²) in [6.07, 6.45) is 4.45. The number of nitrogens with two attached hydrogens (primary N) is 1. The minimum Gasteiger partial charge on any atom is -0.467 e. The van der Waals surface area contributed by atoms with Gasteiger partial charge in [-0.25, -0.2) is 4.98 Å². The number of aryl methyl sites for hydroxylation is 1. The van der Waals surface area contributed by atoms with Crippen molar-refractivity contribution in [2.45, 2.75) is 31.7 Å². The Morgan fingerprint density at radius 2 is 2.15 bits per heavy atom. The maximum Gasteiger partial charge on any atom is 0.260 e. The van der Waals surface area contributed by atoms with Gasteiger partial charge in [0.25, 0.3) is 5.91 Å². The molecule has 1 aromatic carbocycles. The zero-order chi connectivity index (χ0) is 17.2. The second-order valence-corrected chi connectivity index (χ2v) is 7.28. The summed E-state index contributed by atoms with van der Waals surface area (Å²) >= 11 is 1.57. The summed E-state index contributed by atoms with van der Waals surface area (Å²) in [4.78, 5) is 18.2. The Labute approximate surface area is 162 Å². The molecule has 5 nitrogen and oxygen atoms in total. The van der Waals surface area contributed by atoms with Crippen LogP contribution < -0.4 is 11.1 Å². The average Bonchev–Trinajstić information content (AvgIpc) is 3.28. The van der Waals surface area contributed by atoms with Crippen LogP contribution in [0.15, 0.2) is 47.1 Å². The molecule has 26 heavy (non-hydrogen) atoms. The predicted molar refractivity (Wildman–Crippen MR) is 105 cm³/mol. The molecule has 0 bridgehead atoms. The Bertz CT molecular complexity index is 891. The highest BCUT2D eigenvalue weighted by Gasteiger charge is 2.24. The third-order valence-electron chi connectivity index (χ3n) is 4.55. The molecule has 0 saturated carbocycles. The van der Waals surface area contributed by atoms with Crippen molar-refractivity contribution < 1.29 is 9.21 Å². The van der Waals surface area contributed by atoms with Crippen LogP contribution in [0, 0.1) is 0 Å². The topological polar surface area (TPSA) is 81.2 Å². The van der Waals surface area contributed by atoms with E-state index in [9.17, 15) is 4.79 Å². The van der Waals surface area contributed by atoms with Crippen LogP contribution in [0.4, 0.5) is 5.13 Å². The van der Waals surface area contributed by atoms with Crippen molar-refractivity contribution in [1.29, 1.82) is 0 Å². The van der Waals surface area contributed by atoms with Gasteiger partial charge < -0.3 is 10.2 Å². The van der Waals surface area contributed by atoms with Crippen LogP contribution >= 0.6 is 23.7 Å². The van der Waals surface area contributed by atoms with Gasteiger partial charge in [0.2, 0.25) is 0 Å². The fourth-order valence-corrected chi connectivity index (χ4v) is 4.30. The van der Waals surface area contributed by atoms with Gasteiger partial charge in [0.15, 0.2) is 5.13 Å². The van der Waals surface area contributed by atoms with Gasteiger partial charge in [0.1, 0.15) is 12.0 Å². The third kappa shape index (κ3) is 3.82. The lowest BCUT2D eigenvalue weighted by Crippen LogP contribution is -2.12. The van der Waals surface area contributed by atoms with Crippen molar-refractivity contribution in [2.24, 2.45) is 5.73 Å². The Hall–Kier alpha value is -2.15. The van der Waals surface area contributed by atoms with E-state index >= 15 is 0 Å². The van der Waals surface area contributed by atoms with Gasteiger partial charge in [-0.2, -0.15) is 0 Å². The number of amides is 1. The molecule has 3 N–H and O–H groups in total. The van der Waals surface area contributed by atoms with Gasteiger partial charge >= 0.3 is 0 Å². The van der Waals surface area contributed by atoms with E-state index in [1.165, 1.54) is 16.7 Å². The lowest BCUT2D eigenvalue weighted by molar-refractivity contribution is 0.102. The molecule has 3 aromatic rings. The first-order valence-corrected chi connectivity index (χ1v) is 9.17. The second-order valence-electron chi connectivity index (χ2n) is 6.20. The maximum absolute atomic E-state index is 12.3. The summed E-state index contributed by atoms with van der Waals surface area (Å²) in [5, 5.41) is 3.53. The van der Waals surface area contributed by atoms with Gasteiger partial charge in [-0.15, -0.1) is 23.7 Å². The summed E-state index contributed by atoms with van der Waals surface area (Å²) < 4.78 is 5.21. The smallest absolute Gasteiger partial charge is 0.260 e. The maximum atomic E-state index is 12.3. The number of hydrogen-bond acceptors (Lipinski definition) is 5. The summed E-state index contributed by atoms with van der Waals surface area (Å²) in [6.45, 7) is 0.277. The van der Waals surface area contributed by atoms with Gasteiger partial charge in [-0.3, -0.25) is 10.1 Å².